The summed E-state index contributed by atoms with van der Waals surface area (Å²) in [6, 6.07) is 0. The van der Waals surface area contributed by atoms with Gasteiger partial charge in [0.25, 0.3) is 0 Å². The van der Waals surface area contributed by atoms with Gasteiger partial charge in [0, 0.05) is 20.2 Å². The van der Waals surface area contributed by atoms with Gasteiger partial charge in [-0.15, -0.1) is 0 Å². The molecule has 0 spiro atoms. The fourth-order valence-corrected chi connectivity index (χ4v) is 1.45. The van der Waals surface area contributed by atoms with Crippen LogP contribution in [0.4, 0.5) is 0 Å². The van der Waals surface area contributed by atoms with Gasteiger partial charge in [-0.05, 0) is 12.8 Å². The molecule has 6 nitrogen and oxygen atoms in total. The van der Waals surface area contributed by atoms with Crippen LogP contribution in [-0.4, -0.2) is 73.2 Å². The molecule has 0 radical (unpaired) electrons. The van der Waals surface area contributed by atoms with Gasteiger partial charge >= 0.3 is 0 Å². The smallest absolute Gasteiger partial charge is 0.107 e. The predicted octanol–water partition coefficient (Wildman–Crippen LogP) is -1.09. The average molecular weight is 257 g/mol. The number of aliphatic hydroxyl groups excluding tert-OH is 3. The van der Waals surface area contributed by atoms with Crippen LogP contribution >= 0.6 is 0 Å². The van der Waals surface area contributed by atoms with Gasteiger partial charge in [0.05, 0.1) is 30.9 Å². The van der Waals surface area contributed by atoms with Gasteiger partial charge in [0.1, 0.15) is 12.2 Å². The Kier molecular flexibility index (Phi) is 4.53. The van der Waals surface area contributed by atoms with E-state index in [1.807, 2.05) is 0 Å². The van der Waals surface area contributed by atoms with Crippen LogP contribution in [0.5, 0.6) is 0 Å². The molecule has 7 atom stereocenters. The molecule has 17 heavy (non-hydrogen) atoms. The summed E-state index contributed by atoms with van der Waals surface area (Å²) < 4.78 is 41.9. The molecule has 102 valence electrons. The zero-order chi connectivity index (χ0) is 16.0. The normalized spacial score (nSPS) is 50.5. The first kappa shape index (κ1) is 9.66. The van der Waals surface area contributed by atoms with Crippen LogP contribution in [0.25, 0.3) is 0 Å². The number of aliphatic hydroxyl groups is 3. The van der Waals surface area contributed by atoms with Crippen molar-refractivity contribution in [2.75, 3.05) is 33.4 Å². The summed E-state index contributed by atoms with van der Waals surface area (Å²) in [6.45, 7) is -1.55. The zero-order valence-corrected chi connectivity index (χ0v) is 9.44. The van der Waals surface area contributed by atoms with Crippen LogP contribution in [0.1, 0.15) is 18.3 Å². The molecular formula is C11H22O6. The lowest BCUT2D eigenvalue weighted by molar-refractivity contribution is -0.0101. The van der Waals surface area contributed by atoms with E-state index in [1.165, 1.54) is 0 Å². The number of ether oxygens (including phenoxy) is 3. The topological polar surface area (TPSA) is 88.4 Å². The predicted molar refractivity (Wildman–Crippen MR) is 59.7 cm³/mol. The summed E-state index contributed by atoms with van der Waals surface area (Å²) in [5, 5.41) is 26.7. The molecule has 6 heteroatoms. The lowest BCUT2D eigenvalue weighted by Crippen LogP contribution is -2.25. The van der Waals surface area contributed by atoms with Gasteiger partial charge in [-0.2, -0.15) is 0 Å². The lowest BCUT2D eigenvalue weighted by atomic mass is 10.2. The Bertz CT molecular complexity index is 298. The summed E-state index contributed by atoms with van der Waals surface area (Å²) in [5.74, 6) is 0. The summed E-state index contributed by atoms with van der Waals surface area (Å²) >= 11 is 0. The van der Waals surface area contributed by atoms with Crippen molar-refractivity contribution >= 4 is 0 Å². The van der Waals surface area contributed by atoms with Crippen LogP contribution in [0.2, 0.25) is 0 Å². The molecule has 0 amide bonds. The highest BCUT2D eigenvalue weighted by atomic mass is 16.5. The van der Waals surface area contributed by atoms with Crippen LogP contribution in [0.3, 0.4) is 0 Å². The third kappa shape index (κ3) is 4.87. The van der Waals surface area contributed by atoms with E-state index in [1.54, 1.807) is 0 Å². The molecule has 2 aliphatic heterocycles. The second kappa shape index (κ2) is 7.97. The Balaban J connectivity index is 0.000000219. The minimum Gasteiger partial charge on any atom is -0.394 e. The molecule has 0 aromatic heterocycles. The van der Waals surface area contributed by atoms with Crippen molar-refractivity contribution in [1.29, 1.82) is 0 Å². The Morgan fingerprint density at radius 2 is 1.94 bits per heavy atom. The van der Waals surface area contributed by atoms with E-state index in [0.717, 1.165) is 0 Å². The van der Waals surface area contributed by atoms with E-state index < -0.39 is 44.6 Å². The van der Waals surface area contributed by atoms with E-state index in [0.29, 0.717) is 6.42 Å². The molecule has 3 N–H and O–H groups in total. The molecule has 2 heterocycles. The zero-order valence-electron chi connectivity index (χ0n) is 13.4. The minimum atomic E-state index is -1.36. The molecule has 2 fully saturated rings. The van der Waals surface area contributed by atoms with Crippen molar-refractivity contribution < 1.29 is 35.0 Å². The van der Waals surface area contributed by atoms with E-state index in [-0.39, 0.29) is 19.6 Å². The number of hydrogen-bond acceptors (Lipinski definition) is 6. The second-order valence-electron chi connectivity index (χ2n) is 3.80. The van der Waals surface area contributed by atoms with Gasteiger partial charge in [0.15, 0.2) is 0 Å². The molecule has 2 rings (SSSR count). The fraction of sp³-hybridized carbons (Fsp3) is 1.00. The molecule has 0 saturated carbocycles. The van der Waals surface area contributed by atoms with Gasteiger partial charge < -0.3 is 29.5 Å². The number of hydrogen-bond donors (Lipinski definition) is 3. The number of methoxy groups -OCH3 is 1. The fourth-order valence-electron chi connectivity index (χ4n) is 1.45. The Morgan fingerprint density at radius 3 is 2.29 bits per heavy atom. The summed E-state index contributed by atoms with van der Waals surface area (Å²) in [5.41, 5.74) is 0. The van der Waals surface area contributed by atoms with E-state index in [2.05, 4.69) is 4.74 Å². The quantitative estimate of drug-likeness (QED) is 0.595. The largest absolute Gasteiger partial charge is 0.394 e. The Hall–Kier alpha value is -0.240. The maximum absolute atomic E-state index is 9.22. The van der Waals surface area contributed by atoms with Crippen LogP contribution < -0.4 is 0 Å². The summed E-state index contributed by atoms with van der Waals surface area (Å²) in [7, 11) is -1.36. The van der Waals surface area contributed by atoms with Gasteiger partial charge in [0.2, 0.25) is 0 Å². The SMILES string of the molecule is [2H]C([3H])OC[C@H]1O[C@H]([3H])CC1O.[3H][C@H]1CC(O)[C@@H](CO)O1. The van der Waals surface area contributed by atoms with Crippen LogP contribution in [-0.2, 0) is 14.2 Å². The molecule has 0 aliphatic carbocycles. The van der Waals surface area contributed by atoms with Crippen LogP contribution in [0, 0.1) is 0 Å². The van der Waals surface area contributed by atoms with Crippen molar-refractivity contribution in [2.45, 2.75) is 37.3 Å². The highest BCUT2D eigenvalue weighted by Gasteiger charge is 2.25. The highest BCUT2D eigenvalue weighted by Crippen LogP contribution is 2.12. The average Bonchev–Trinajstić information content (AvgIpc) is 2.89. The minimum absolute atomic E-state index is 0.00815. The van der Waals surface area contributed by atoms with Crippen molar-refractivity contribution in [1.82, 2.24) is 0 Å². The molecule has 2 aliphatic rings. The third-order valence-corrected chi connectivity index (χ3v) is 2.52. The van der Waals surface area contributed by atoms with Gasteiger partial charge in [-0.3, -0.25) is 0 Å². The maximum atomic E-state index is 9.22. The second-order valence-corrected chi connectivity index (χ2v) is 3.80. The highest BCUT2D eigenvalue weighted by molar-refractivity contribution is 4.74. The Labute approximate surface area is 107 Å². The van der Waals surface area contributed by atoms with Crippen molar-refractivity contribution in [3.8, 4) is 0 Å². The first-order valence-electron chi connectivity index (χ1n) is 7.73. The molecule has 0 aromatic rings. The molecule has 0 aromatic carbocycles. The monoisotopic (exact) mass is 257 g/mol. The Morgan fingerprint density at radius 1 is 1.35 bits per heavy atom. The van der Waals surface area contributed by atoms with Crippen LogP contribution in [0.15, 0.2) is 0 Å². The maximum Gasteiger partial charge on any atom is 0.107 e. The van der Waals surface area contributed by atoms with E-state index in [4.69, 9.17) is 25.2 Å². The van der Waals surface area contributed by atoms with Crippen molar-refractivity contribution in [3.63, 3.8) is 0 Å². The van der Waals surface area contributed by atoms with E-state index >= 15 is 0 Å². The van der Waals surface area contributed by atoms with Crippen molar-refractivity contribution in [2.24, 2.45) is 0 Å². The first-order valence-corrected chi connectivity index (χ1v) is 5.42. The molecule has 3 unspecified atom stereocenters. The van der Waals surface area contributed by atoms with Crippen molar-refractivity contribution in [3.05, 3.63) is 0 Å². The van der Waals surface area contributed by atoms with Gasteiger partial charge in [-0.25, -0.2) is 0 Å². The van der Waals surface area contributed by atoms with Gasteiger partial charge in [-0.1, -0.05) is 0 Å². The lowest BCUT2D eigenvalue weighted by Gasteiger charge is -2.10. The number of rotatable bonds is 3. The molecule has 2 saturated heterocycles. The third-order valence-electron chi connectivity index (χ3n) is 2.52. The van der Waals surface area contributed by atoms with E-state index in [9.17, 15) is 5.11 Å². The molecular weight excluding hydrogens is 228 g/mol. The first-order chi connectivity index (χ1) is 9.83. The summed E-state index contributed by atoms with van der Waals surface area (Å²) in [4.78, 5) is 0. The summed E-state index contributed by atoms with van der Waals surface area (Å²) in [6.07, 6.45) is -1.86. The molecule has 0 bridgehead atoms. The standard InChI is InChI=1S/C6H12O3.C5H10O3/c1-8-4-6-5(7)2-3-9-6;6-3-5-4(7)1-2-8-5/h5-7H,2-4H2,1H3;4-7H,1-3H2/t5?,6-;4?,5-/m11/s1/i1TD,3T;2T/t1?,3-,5?,6-;2-,4?,5+/m10.